The van der Waals surface area contributed by atoms with Crippen LogP contribution in [0, 0.1) is 13.8 Å². The van der Waals surface area contributed by atoms with Gasteiger partial charge in [-0.1, -0.05) is 30.4 Å². The van der Waals surface area contributed by atoms with Gasteiger partial charge in [-0.3, -0.25) is 14.8 Å². The number of aromatic nitrogens is 2. The van der Waals surface area contributed by atoms with Crippen molar-refractivity contribution in [3.8, 4) is 0 Å². The molecule has 2 aromatic heterocycles. The Bertz CT molecular complexity index is 1070. The molecule has 0 bridgehead atoms. The zero-order valence-electron chi connectivity index (χ0n) is 22.2. The lowest BCUT2D eigenvalue weighted by Gasteiger charge is -2.35. The van der Waals surface area contributed by atoms with Gasteiger partial charge in [0.2, 0.25) is 0 Å². The Morgan fingerprint density at radius 3 is 2.08 bits per heavy atom. The topological polar surface area (TPSA) is 61.4 Å². The molecule has 6 heteroatoms. The standard InChI is InChI=1S/C14H21N3.C10H11NO.C6H7N/c1-4-14(13-6-5-12(2)15-11-13)17-9-7-16(3)8-10-17;1-11-10-6-4-9(5-7-10)3-2-8-12;1-6-4-2-3-5-7-6/h4-6,11H,7-10H2,1-3H3;2-8,11H,1H3;2-5H,1H3/b14-4-;3-2+;. The van der Waals surface area contributed by atoms with Crippen LogP contribution >= 0.6 is 0 Å². The molecule has 1 N–H and O–H groups in total. The van der Waals surface area contributed by atoms with Gasteiger partial charge in [0.15, 0.2) is 0 Å². The molecule has 0 radical (unpaired) electrons. The lowest BCUT2D eigenvalue weighted by Crippen LogP contribution is -2.43. The maximum absolute atomic E-state index is 10.0. The summed E-state index contributed by atoms with van der Waals surface area (Å²) in [6, 6.07) is 17.9. The van der Waals surface area contributed by atoms with Crippen LogP contribution in [0.3, 0.4) is 0 Å². The summed E-state index contributed by atoms with van der Waals surface area (Å²) >= 11 is 0. The first-order chi connectivity index (χ1) is 17.5. The quantitative estimate of drug-likeness (QED) is 0.389. The highest BCUT2D eigenvalue weighted by atomic mass is 16.1. The Labute approximate surface area is 216 Å². The number of carbonyl (C=O) groups is 1. The molecular weight excluding hydrogens is 446 g/mol. The molecule has 6 nitrogen and oxygen atoms in total. The molecule has 0 atom stereocenters. The van der Waals surface area contributed by atoms with Crippen molar-refractivity contribution >= 4 is 23.7 Å². The molecule has 0 amide bonds. The Morgan fingerprint density at radius 1 is 0.917 bits per heavy atom. The zero-order chi connectivity index (χ0) is 26.2. The van der Waals surface area contributed by atoms with E-state index in [9.17, 15) is 4.79 Å². The molecule has 190 valence electrons. The van der Waals surface area contributed by atoms with Gasteiger partial charge in [-0.25, -0.2) is 0 Å². The Hall–Kier alpha value is -3.77. The van der Waals surface area contributed by atoms with E-state index in [1.807, 2.05) is 69.6 Å². The number of benzene rings is 1. The molecule has 0 aliphatic carbocycles. The maximum Gasteiger partial charge on any atom is 0.142 e. The number of anilines is 1. The van der Waals surface area contributed by atoms with Gasteiger partial charge in [-0.2, -0.15) is 0 Å². The summed E-state index contributed by atoms with van der Waals surface area (Å²) in [7, 11) is 4.05. The highest BCUT2D eigenvalue weighted by molar-refractivity contribution is 5.74. The van der Waals surface area contributed by atoms with Crippen LogP contribution in [0.15, 0.2) is 79.1 Å². The van der Waals surface area contributed by atoms with E-state index in [1.165, 1.54) is 17.3 Å². The summed E-state index contributed by atoms with van der Waals surface area (Å²) in [4.78, 5) is 23.2. The van der Waals surface area contributed by atoms with Gasteiger partial charge >= 0.3 is 0 Å². The third-order valence-electron chi connectivity index (χ3n) is 5.70. The third-order valence-corrected chi connectivity index (χ3v) is 5.70. The normalized spacial score (nSPS) is 13.8. The fraction of sp³-hybridized carbons (Fsp3) is 0.300. The number of carbonyl (C=O) groups excluding carboxylic acids is 1. The van der Waals surface area contributed by atoms with E-state index in [0.29, 0.717) is 0 Å². The molecular formula is C30H39N5O. The molecule has 1 saturated heterocycles. The minimum atomic E-state index is 0.770. The van der Waals surface area contributed by atoms with Crippen LogP contribution in [0.25, 0.3) is 11.8 Å². The molecule has 0 spiro atoms. The van der Waals surface area contributed by atoms with Gasteiger partial charge in [0.1, 0.15) is 6.29 Å². The van der Waals surface area contributed by atoms with Crippen molar-refractivity contribution in [2.24, 2.45) is 0 Å². The van der Waals surface area contributed by atoms with Crippen molar-refractivity contribution in [1.82, 2.24) is 19.8 Å². The molecule has 1 aromatic carbocycles. The van der Waals surface area contributed by atoms with E-state index in [0.717, 1.165) is 55.1 Å². The van der Waals surface area contributed by atoms with E-state index in [-0.39, 0.29) is 0 Å². The van der Waals surface area contributed by atoms with Gasteiger partial charge in [0.05, 0.1) is 0 Å². The molecule has 4 rings (SSSR count). The van der Waals surface area contributed by atoms with Crippen LogP contribution in [0.1, 0.15) is 29.4 Å². The van der Waals surface area contributed by atoms with Crippen LogP contribution in [0.4, 0.5) is 5.69 Å². The number of aldehydes is 1. The van der Waals surface area contributed by atoms with Crippen LogP contribution in [0.2, 0.25) is 0 Å². The monoisotopic (exact) mass is 485 g/mol. The minimum absolute atomic E-state index is 0.770. The largest absolute Gasteiger partial charge is 0.388 e. The van der Waals surface area contributed by atoms with E-state index >= 15 is 0 Å². The van der Waals surface area contributed by atoms with E-state index in [2.05, 4.69) is 57.3 Å². The molecule has 1 fully saturated rings. The number of allylic oxidation sites excluding steroid dienone is 2. The van der Waals surface area contributed by atoms with Gasteiger partial charge in [0.25, 0.3) is 0 Å². The minimum Gasteiger partial charge on any atom is -0.388 e. The number of likely N-dealkylation sites (N-methyl/N-ethyl adjacent to an activating group) is 1. The Kier molecular flexibility index (Phi) is 12.7. The number of hydrogen-bond acceptors (Lipinski definition) is 6. The van der Waals surface area contributed by atoms with E-state index in [4.69, 9.17) is 0 Å². The summed E-state index contributed by atoms with van der Waals surface area (Å²) in [6.07, 6.45) is 9.97. The van der Waals surface area contributed by atoms with Gasteiger partial charge in [0, 0.05) is 74.0 Å². The number of hydrogen-bond donors (Lipinski definition) is 1. The molecule has 36 heavy (non-hydrogen) atoms. The van der Waals surface area contributed by atoms with Gasteiger partial charge in [-0.05, 0) is 75.9 Å². The Morgan fingerprint density at radius 2 is 1.61 bits per heavy atom. The number of rotatable bonds is 5. The van der Waals surface area contributed by atoms with Crippen LogP contribution in [-0.4, -0.2) is 66.3 Å². The van der Waals surface area contributed by atoms with Crippen molar-refractivity contribution in [3.63, 3.8) is 0 Å². The average Bonchev–Trinajstić information content (AvgIpc) is 2.91. The maximum atomic E-state index is 10.0. The zero-order valence-corrected chi connectivity index (χ0v) is 22.2. The van der Waals surface area contributed by atoms with Crippen molar-refractivity contribution in [3.05, 3.63) is 102 Å². The predicted molar refractivity (Wildman–Crippen MR) is 152 cm³/mol. The molecule has 0 saturated carbocycles. The van der Waals surface area contributed by atoms with Crippen LogP contribution in [0.5, 0.6) is 0 Å². The van der Waals surface area contributed by atoms with Crippen molar-refractivity contribution in [2.75, 3.05) is 45.6 Å². The first kappa shape index (κ1) is 28.5. The second kappa shape index (κ2) is 16.0. The molecule has 3 heterocycles. The SMILES string of the molecule is C/C=C(/c1ccc(C)nc1)N1CCN(C)CC1.CNc1ccc(/C=C/C=O)cc1.Cc1ccccn1. The third kappa shape index (κ3) is 10.2. The van der Waals surface area contributed by atoms with Crippen molar-refractivity contribution in [1.29, 1.82) is 0 Å². The predicted octanol–water partition coefficient (Wildman–Crippen LogP) is 5.33. The summed E-state index contributed by atoms with van der Waals surface area (Å²) in [5, 5.41) is 3.02. The highest BCUT2D eigenvalue weighted by Crippen LogP contribution is 2.20. The second-order valence-electron chi connectivity index (χ2n) is 8.49. The summed E-state index contributed by atoms with van der Waals surface area (Å²) in [5.74, 6) is 0. The molecule has 1 aliphatic heterocycles. The lowest BCUT2D eigenvalue weighted by atomic mass is 10.1. The smallest absolute Gasteiger partial charge is 0.142 e. The van der Waals surface area contributed by atoms with Gasteiger partial charge in [-0.15, -0.1) is 0 Å². The number of aryl methyl sites for hydroxylation is 2. The molecule has 0 unspecified atom stereocenters. The number of piperazine rings is 1. The number of nitrogens with zero attached hydrogens (tertiary/aromatic N) is 4. The van der Waals surface area contributed by atoms with Crippen LogP contribution in [-0.2, 0) is 4.79 Å². The molecule has 3 aromatic rings. The summed E-state index contributed by atoms with van der Waals surface area (Å²) in [6.45, 7) is 10.6. The summed E-state index contributed by atoms with van der Waals surface area (Å²) in [5.41, 5.74) is 6.78. The average molecular weight is 486 g/mol. The number of nitrogens with one attached hydrogen (secondary N) is 1. The van der Waals surface area contributed by atoms with Gasteiger partial charge < -0.3 is 15.1 Å². The Balaban J connectivity index is 0.000000208. The fourth-order valence-electron chi connectivity index (χ4n) is 3.56. The molecule has 1 aliphatic rings. The van der Waals surface area contributed by atoms with Crippen LogP contribution < -0.4 is 5.32 Å². The first-order valence-electron chi connectivity index (χ1n) is 12.3. The van der Waals surface area contributed by atoms with E-state index < -0.39 is 0 Å². The first-order valence-corrected chi connectivity index (χ1v) is 12.3. The van der Waals surface area contributed by atoms with E-state index in [1.54, 1.807) is 12.3 Å². The van der Waals surface area contributed by atoms with Crippen molar-refractivity contribution < 1.29 is 4.79 Å². The van der Waals surface area contributed by atoms with Crippen molar-refractivity contribution in [2.45, 2.75) is 20.8 Å². The number of pyridine rings is 2. The summed E-state index contributed by atoms with van der Waals surface area (Å²) < 4.78 is 0. The lowest BCUT2D eigenvalue weighted by molar-refractivity contribution is -0.104. The second-order valence-corrected chi connectivity index (χ2v) is 8.49. The fourth-order valence-corrected chi connectivity index (χ4v) is 3.56. The highest BCUT2D eigenvalue weighted by Gasteiger charge is 2.16.